The van der Waals surface area contributed by atoms with Crippen molar-refractivity contribution in [1.82, 2.24) is 24.5 Å². The van der Waals surface area contributed by atoms with Crippen molar-refractivity contribution in [2.45, 2.75) is 26.8 Å². The summed E-state index contributed by atoms with van der Waals surface area (Å²) in [6.07, 6.45) is 5.53. The molecule has 1 N–H and O–H groups in total. The number of morpholine rings is 1. The fraction of sp³-hybridized carbons (Fsp3) is 0.391. The number of aromatic nitrogens is 5. The molecule has 0 atom stereocenters. The zero-order valence-corrected chi connectivity index (χ0v) is 18.6. The molecule has 0 spiro atoms. The van der Waals surface area contributed by atoms with Gasteiger partial charge in [-0.1, -0.05) is 0 Å². The molecule has 3 aromatic heterocycles. The molecule has 166 valence electrons. The second-order valence-electron chi connectivity index (χ2n) is 8.01. The van der Waals surface area contributed by atoms with Crippen molar-refractivity contribution in [1.29, 1.82) is 0 Å². The molecule has 0 bridgehead atoms. The van der Waals surface area contributed by atoms with E-state index in [0.717, 1.165) is 46.5 Å². The zero-order chi connectivity index (χ0) is 22.1. The molecule has 9 nitrogen and oxygen atoms in total. The fourth-order valence-corrected chi connectivity index (χ4v) is 3.99. The van der Waals surface area contributed by atoms with Crippen LogP contribution in [0.25, 0.3) is 21.9 Å². The lowest BCUT2D eigenvalue weighted by Gasteiger charge is -2.30. The van der Waals surface area contributed by atoms with Crippen LogP contribution in [0.5, 0.6) is 5.75 Å². The third-order valence-electron chi connectivity index (χ3n) is 5.58. The van der Waals surface area contributed by atoms with Crippen LogP contribution in [0.15, 0.2) is 36.9 Å². The Kier molecular flexibility index (Phi) is 5.48. The SMILES string of the molecule is CCOc1cc(Nc2ncc3ccc4ncn(C(C)C)c4c3n2)ncc1N1CCOCC1. The van der Waals surface area contributed by atoms with Crippen LogP contribution in [-0.2, 0) is 4.74 Å². The molecule has 4 heterocycles. The number of hydrogen-bond acceptors (Lipinski definition) is 8. The summed E-state index contributed by atoms with van der Waals surface area (Å²) in [6, 6.07) is 6.19. The lowest BCUT2D eigenvalue weighted by molar-refractivity contribution is 0.122. The Balaban J connectivity index is 1.50. The molecule has 1 aromatic carbocycles. The number of imidazole rings is 1. The molecule has 0 unspecified atom stereocenters. The number of hydrogen-bond donors (Lipinski definition) is 1. The number of anilines is 3. The lowest BCUT2D eigenvalue weighted by atomic mass is 10.2. The third-order valence-corrected chi connectivity index (χ3v) is 5.58. The molecule has 32 heavy (non-hydrogen) atoms. The number of nitrogens with one attached hydrogen (secondary N) is 1. The topological polar surface area (TPSA) is 90.2 Å². The fourth-order valence-electron chi connectivity index (χ4n) is 3.99. The highest BCUT2D eigenvalue weighted by Crippen LogP contribution is 2.32. The summed E-state index contributed by atoms with van der Waals surface area (Å²) in [5.41, 5.74) is 3.76. The van der Waals surface area contributed by atoms with Crippen molar-refractivity contribution in [3.8, 4) is 5.75 Å². The summed E-state index contributed by atoms with van der Waals surface area (Å²) in [5.74, 6) is 1.90. The number of rotatable bonds is 6. The maximum Gasteiger partial charge on any atom is 0.228 e. The number of nitrogens with zero attached hydrogens (tertiary/aromatic N) is 6. The first kappa shape index (κ1) is 20.4. The van der Waals surface area contributed by atoms with Gasteiger partial charge in [-0.3, -0.25) is 0 Å². The van der Waals surface area contributed by atoms with Gasteiger partial charge < -0.3 is 24.3 Å². The quantitative estimate of drug-likeness (QED) is 0.489. The zero-order valence-electron chi connectivity index (χ0n) is 18.6. The molecule has 0 aliphatic carbocycles. The third kappa shape index (κ3) is 3.80. The maximum absolute atomic E-state index is 5.91. The molecule has 1 aliphatic heterocycles. The molecule has 0 saturated carbocycles. The molecule has 4 aromatic rings. The first-order valence-electron chi connectivity index (χ1n) is 11.0. The van der Waals surface area contributed by atoms with Gasteiger partial charge in [-0.2, -0.15) is 0 Å². The number of pyridine rings is 1. The highest BCUT2D eigenvalue weighted by molar-refractivity contribution is 6.02. The monoisotopic (exact) mass is 433 g/mol. The molecule has 1 saturated heterocycles. The van der Waals surface area contributed by atoms with Crippen molar-refractivity contribution in [3.63, 3.8) is 0 Å². The van der Waals surface area contributed by atoms with E-state index in [9.17, 15) is 0 Å². The molecule has 1 aliphatic rings. The van der Waals surface area contributed by atoms with Gasteiger partial charge in [0.25, 0.3) is 0 Å². The standard InChI is InChI=1S/C23H27N7O2/c1-4-32-19-11-20(24-13-18(19)29-7-9-31-10-8-29)27-23-25-12-16-5-6-17-22(21(16)28-23)30(14-26-17)15(2)3/h5-6,11-15H,4,7-10H2,1-3H3,(H,24,25,27,28). The van der Waals surface area contributed by atoms with Crippen LogP contribution in [0.1, 0.15) is 26.8 Å². The maximum atomic E-state index is 5.91. The average Bonchev–Trinajstić information content (AvgIpc) is 3.25. The Morgan fingerprint density at radius 3 is 2.75 bits per heavy atom. The minimum Gasteiger partial charge on any atom is -0.492 e. The number of fused-ring (bicyclic) bond motifs is 3. The molecule has 0 amide bonds. The average molecular weight is 434 g/mol. The highest BCUT2D eigenvalue weighted by atomic mass is 16.5. The predicted octanol–water partition coefficient (Wildman–Crippen LogP) is 3.93. The molecular formula is C23H27N7O2. The van der Waals surface area contributed by atoms with E-state index in [1.807, 2.05) is 43.8 Å². The molecule has 5 rings (SSSR count). The smallest absolute Gasteiger partial charge is 0.228 e. The summed E-state index contributed by atoms with van der Waals surface area (Å²) >= 11 is 0. The van der Waals surface area contributed by atoms with Gasteiger partial charge in [-0.25, -0.2) is 19.9 Å². The second-order valence-corrected chi connectivity index (χ2v) is 8.01. The molecule has 0 radical (unpaired) electrons. The van der Waals surface area contributed by atoms with Crippen molar-refractivity contribution < 1.29 is 9.47 Å². The largest absolute Gasteiger partial charge is 0.492 e. The van der Waals surface area contributed by atoms with Crippen LogP contribution in [0.4, 0.5) is 17.5 Å². The Morgan fingerprint density at radius 1 is 1.12 bits per heavy atom. The van der Waals surface area contributed by atoms with Gasteiger partial charge in [-0.05, 0) is 32.9 Å². The van der Waals surface area contributed by atoms with Gasteiger partial charge in [-0.15, -0.1) is 0 Å². The molecular weight excluding hydrogens is 406 g/mol. The Labute approximate surface area is 186 Å². The van der Waals surface area contributed by atoms with Gasteiger partial charge in [0, 0.05) is 36.8 Å². The second kappa shape index (κ2) is 8.58. The summed E-state index contributed by atoms with van der Waals surface area (Å²) < 4.78 is 13.5. The van der Waals surface area contributed by atoms with Crippen LogP contribution < -0.4 is 15.0 Å². The first-order valence-corrected chi connectivity index (χ1v) is 11.0. The van der Waals surface area contributed by atoms with Gasteiger partial charge in [0.15, 0.2) is 0 Å². The van der Waals surface area contributed by atoms with Gasteiger partial charge in [0.2, 0.25) is 5.95 Å². The minimum absolute atomic E-state index is 0.278. The minimum atomic E-state index is 0.278. The van der Waals surface area contributed by atoms with Crippen molar-refractivity contribution in [2.24, 2.45) is 0 Å². The molecule has 9 heteroatoms. The summed E-state index contributed by atoms with van der Waals surface area (Å²) in [4.78, 5) is 20.7. The summed E-state index contributed by atoms with van der Waals surface area (Å²) in [5, 5.41) is 4.21. The van der Waals surface area contributed by atoms with Gasteiger partial charge >= 0.3 is 0 Å². The van der Waals surface area contributed by atoms with E-state index in [-0.39, 0.29) is 6.04 Å². The predicted molar refractivity (Wildman–Crippen MR) is 125 cm³/mol. The van der Waals surface area contributed by atoms with E-state index < -0.39 is 0 Å². The Morgan fingerprint density at radius 2 is 1.97 bits per heavy atom. The number of benzene rings is 1. The van der Waals surface area contributed by atoms with Crippen LogP contribution in [0.3, 0.4) is 0 Å². The van der Waals surface area contributed by atoms with Crippen molar-refractivity contribution in [3.05, 3.63) is 36.9 Å². The van der Waals surface area contributed by atoms with E-state index in [4.69, 9.17) is 14.5 Å². The Bertz CT molecular complexity index is 1250. The van der Waals surface area contributed by atoms with E-state index in [1.165, 1.54) is 0 Å². The molecule has 1 fully saturated rings. The van der Waals surface area contributed by atoms with Gasteiger partial charge in [0.1, 0.15) is 17.1 Å². The van der Waals surface area contributed by atoms with E-state index >= 15 is 0 Å². The van der Waals surface area contributed by atoms with Crippen LogP contribution in [0.2, 0.25) is 0 Å². The normalized spacial score (nSPS) is 14.4. The van der Waals surface area contributed by atoms with Gasteiger partial charge in [0.05, 0.1) is 49.1 Å². The van der Waals surface area contributed by atoms with E-state index in [1.54, 1.807) is 0 Å². The Hall–Kier alpha value is -3.46. The van der Waals surface area contributed by atoms with Crippen LogP contribution in [0, 0.1) is 0 Å². The van der Waals surface area contributed by atoms with Crippen LogP contribution >= 0.6 is 0 Å². The first-order chi connectivity index (χ1) is 15.6. The van der Waals surface area contributed by atoms with E-state index in [0.29, 0.717) is 31.6 Å². The highest BCUT2D eigenvalue weighted by Gasteiger charge is 2.18. The van der Waals surface area contributed by atoms with Crippen LogP contribution in [-0.4, -0.2) is 57.4 Å². The lowest BCUT2D eigenvalue weighted by Crippen LogP contribution is -2.36. The van der Waals surface area contributed by atoms with E-state index in [2.05, 4.69) is 43.6 Å². The summed E-state index contributed by atoms with van der Waals surface area (Å²) in [6.45, 7) is 9.88. The van der Waals surface area contributed by atoms with Crippen molar-refractivity contribution in [2.75, 3.05) is 43.1 Å². The number of ether oxygens (including phenoxy) is 2. The summed E-state index contributed by atoms with van der Waals surface area (Å²) in [7, 11) is 0. The van der Waals surface area contributed by atoms with Crippen molar-refractivity contribution >= 4 is 39.4 Å².